The molecule has 0 saturated carbocycles. The Kier molecular flexibility index (Phi) is 7.81. The van der Waals surface area contributed by atoms with Crippen molar-refractivity contribution in [2.24, 2.45) is 0 Å². The largest absolute Gasteiger partial charge is 0.507 e. The summed E-state index contributed by atoms with van der Waals surface area (Å²) in [4.78, 5) is 32.2. The number of rotatable bonds is 9. The minimum atomic E-state index is -0.683. The first-order chi connectivity index (χ1) is 17.7. The molecule has 1 atom stereocenters. The Morgan fingerprint density at radius 2 is 1.84 bits per heavy atom. The van der Waals surface area contributed by atoms with Gasteiger partial charge in [-0.2, -0.15) is 0 Å². The zero-order valence-corrected chi connectivity index (χ0v) is 22.0. The van der Waals surface area contributed by atoms with E-state index in [1.165, 1.54) is 0 Å². The quantitative estimate of drug-likeness (QED) is 0.238. The summed E-state index contributed by atoms with van der Waals surface area (Å²) in [5.74, 6) is -0.866. The molecule has 2 heterocycles. The van der Waals surface area contributed by atoms with Crippen LogP contribution in [0.4, 0.5) is 0 Å². The lowest BCUT2D eigenvalue weighted by Gasteiger charge is -2.26. The first kappa shape index (κ1) is 26.2. The first-order valence-electron chi connectivity index (χ1n) is 12.8. The van der Waals surface area contributed by atoms with Crippen molar-refractivity contribution >= 4 is 17.4 Å². The fourth-order valence-corrected chi connectivity index (χ4v) is 4.57. The molecular weight excluding hydrogens is 466 g/mol. The number of carbonyl (C=O) groups is 2. The van der Waals surface area contributed by atoms with Crippen LogP contribution in [0.3, 0.4) is 0 Å². The monoisotopic (exact) mass is 501 g/mol. The Bertz CT molecular complexity index is 1270. The van der Waals surface area contributed by atoms with Crippen LogP contribution in [-0.4, -0.2) is 44.4 Å². The molecule has 0 radical (unpaired) electrons. The molecule has 194 valence electrons. The molecule has 7 heteroatoms. The second kappa shape index (κ2) is 11.0. The highest BCUT2D eigenvalue weighted by Gasteiger charge is 2.45. The van der Waals surface area contributed by atoms with Gasteiger partial charge in [0, 0.05) is 31.0 Å². The number of ketones is 1. The zero-order valence-electron chi connectivity index (χ0n) is 22.0. The molecule has 1 saturated heterocycles. The van der Waals surface area contributed by atoms with Crippen LogP contribution in [0.1, 0.15) is 63.3 Å². The molecule has 0 bridgehead atoms. The summed E-state index contributed by atoms with van der Waals surface area (Å²) in [5, 5.41) is 11.4. The molecule has 37 heavy (non-hydrogen) atoms. The normalized spacial score (nSPS) is 17.4. The predicted molar refractivity (Wildman–Crippen MR) is 143 cm³/mol. The number of aromatic nitrogens is 2. The van der Waals surface area contributed by atoms with Gasteiger partial charge in [-0.3, -0.25) is 9.59 Å². The van der Waals surface area contributed by atoms with Gasteiger partial charge in [0.2, 0.25) is 0 Å². The van der Waals surface area contributed by atoms with Crippen LogP contribution in [0.15, 0.2) is 72.8 Å². The molecule has 0 spiro atoms. The number of hydrogen-bond acceptors (Lipinski definition) is 5. The standard InChI is InChI=1S/C30H35N3O4/c1-5-18-37-24-9-6-8-22(19-24)27(34)25-26(21-10-12-23(13-11-21)30(2,3)4)33(29(36)28(25)35)16-7-15-32-17-14-31-20-32/h6,8-14,17,19-20,26,34H,5,7,15-16,18H2,1-4H3/b27-25+. The number of benzene rings is 2. The topological polar surface area (TPSA) is 84.7 Å². The van der Waals surface area contributed by atoms with Gasteiger partial charge in [-0.15, -0.1) is 0 Å². The van der Waals surface area contributed by atoms with Crippen LogP contribution in [0.2, 0.25) is 0 Å². The van der Waals surface area contributed by atoms with E-state index in [0.29, 0.717) is 37.4 Å². The van der Waals surface area contributed by atoms with Crippen molar-refractivity contribution in [1.29, 1.82) is 0 Å². The number of hydrogen-bond donors (Lipinski definition) is 1. The van der Waals surface area contributed by atoms with Crippen molar-refractivity contribution in [3.05, 3.63) is 89.5 Å². The molecule has 1 aliphatic heterocycles. The minimum Gasteiger partial charge on any atom is -0.507 e. The van der Waals surface area contributed by atoms with E-state index >= 15 is 0 Å². The number of nitrogens with zero attached hydrogens (tertiary/aromatic N) is 3. The summed E-state index contributed by atoms with van der Waals surface area (Å²) in [5.41, 5.74) is 2.44. The van der Waals surface area contributed by atoms with E-state index in [2.05, 4.69) is 25.8 Å². The van der Waals surface area contributed by atoms with E-state index in [0.717, 1.165) is 17.5 Å². The highest BCUT2D eigenvalue weighted by Crippen LogP contribution is 2.40. The highest BCUT2D eigenvalue weighted by atomic mass is 16.5. The van der Waals surface area contributed by atoms with Gasteiger partial charge in [0.1, 0.15) is 11.5 Å². The van der Waals surface area contributed by atoms with Crippen LogP contribution in [0.25, 0.3) is 5.76 Å². The molecule has 1 N–H and O–H groups in total. The van der Waals surface area contributed by atoms with Crippen LogP contribution in [0, 0.1) is 0 Å². The van der Waals surface area contributed by atoms with Crippen LogP contribution < -0.4 is 4.74 Å². The van der Waals surface area contributed by atoms with Crippen molar-refractivity contribution in [3.63, 3.8) is 0 Å². The zero-order chi connectivity index (χ0) is 26.6. The van der Waals surface area contributed by atoms with Crippen LogP contribution in [0.5, 0.6) is 5.75 Å². The number of carbonyl (C=O) groups excluding carboxylic acids is 2. The number of imidazole rings is 1. The van der Waals surface area contributed by atoms with Gasteiger partial charge >= 0.3 is 0 Å². The minimum absolute atomic E-state index is 0.0376. The molecule has 1 unspecified atom stereocenters. The third-order valence-corrected chi connectivity index (χ3v) is 6.59. The van der Waals surface area contributed by atoms with Crippen molar-refractivity contribution in [1.82, 2.24) is 14.5 Å². The molecule has 3 aromatic rings. The number of aliphatic hydroxyl groups excluding tert-OH is 1. The number of aliphatic hydroxyl groups is 1. The summed E-state index contributed by atoms with van der Waals surface area (Å²) in [6.45, 7) is 10.0. The molecule has 1 aliphatic rings. The highest BCUT2D eigenvalue weighted by molar-refractivity contribution is 6.46. The van der Waals surface area contributed by atoms with Gasteiger partial charge in [-0.1, -0.05) is 64.1 Å². The lowest BCUT2D eigenvalue weighted by molar-refractivity contribution is -0.139. The summed E-state index contributed by atoms with van der Waals surface area (Å²) in [7, 11) is 0. The number of ether oxygens (including phenoxy) is 1. The summed E-state index contributed by atoms with van der Waals surface area (Å²) < 4.78 is 7.66. The maximum atomic E-state index is 13.3. The smallest absolute Gasteiger partial charge is 0.295 e. The Morgan fingerprint density at radius 1 is 1.08 bits per heavy atom. The lowest BCUT2D eigenvalue weighted by Crippen LogP contribution is -2.31. The molecule has 2 aromatic carbocycles. The second-order valence-electron chi connectivity index (χ2n) is 10.4. The third kappa shape index (κ3) is 5.77. The molecule has 1 aromatic heterocycles. The first-order valence-corrected chi connectivity index (χ1v) is 12.8. The number of Topliss-reactive ketones (excluding diaryl/α,β-unsaturated/α-hetero) is 1. The van der Waals surface area contributed by atoms with Crippen molar-refractivity contribution in [2.75, 3.05) is 13.2 Å². The van der Waals surface area contributed by atoms with E-state index < -0.39 is 17.7 Å². The number of likely N-dealkylation sites (tertiary alicyclic amines) is 1. The Balaban J connectivity index is 1.73. The fourth-order valence-electron chi connectivity index (χ4n) is 4.57. The van der Waals surface area contributed by atoms with Gasteiger partial charge < -0.3 is 19.3 Å². The van der Waals surface area contributed by atoms with E-state index in [-0.39, 0.29) is 16.7 Å². The molecule has 0 aliphatic carbocycles. The van der Waals surface area contributed by atoms with E-state index in [1.54, 1.807) is 35.6 Å². The molecule has 1 amide bonds. The maximum absolute atomic E-state index is 13.3. The Morgan fingerprint density at radius 3 is 2.49 bits per heavy atom. The van der Waals surface area contributed by atoms with Gasteiger partial charge in [0.25, 0.3) is 11.7 Å². The molecule has 7 nitrogen and oxygen atoms in total. The summed E-state index contributed by atoms with van der Waals surface area (Å²) in [6.07, 6.45) is 6.79. The van der Waals surface area contributed by atoms with E-state index in [4.69, 9.17) is 4.74 Å². The number of amides is 1. The molecule has 4 rings (SSSR count). The van der Waals surface area contributed by atoms with Crippen LogP contribution >= 0.6 is 0 Å². The molecular formula is C30H35N3O4. The van der Waals surface area contributed by atoms with E-state index in [1.807, 2.05) is 48.0 Å². The average Bonchev–Trinajstić information content (AvgIpc) is 3.49. The van der Waals surface area contributed by atoms with Gasteiger partial charge in [-0.05, 0) is 41.5 Å². The number of aryl methyl sites for hydroxylation is 1. The summed E-state index contributed by atoms with van der Waals surface area (Å²) >= 11 is 0. The fraction of sp³-hybridized carbons (Fsp3) is 0.367. The van der Waals surface area contributed by atoms with Crippen molar-refractivity contribution in [2.45, 2.75) is 58.5 Å². The third-order valence-electron chi connectivity index (χ3n) is 6.59. The van der Waals surface area contributed by atoms with Crippen LogP contribution in [-0.2, 0) is 21.5 Å². The van der Waals surface area contributed by atoms with Gasteiger partial charge in [-0.25, -0.2) is 4.98 Å². The Labute approximate surface area is 218 Å². The maximum Gasteiger partial charge on any atom is 0.295 e. The van der Waals surface area contributed by atoms with Crippen molar-refractivity contribution in [3.8, 4) is 5.75 Å². The SMILES string of the molecule is CCCOc1cccc(/C(O)=C2\C(=O)C(=O)N(CCCn3ccnc3)C2c2ccc(C(C)(C)C)cc2)c1. The summed E-state index contributed by atoms with van der Waals surface area (Å²) in [6, 6.07) is 14.3. The average molecular weight is 502 g/mol. The van der Waals surface area contributed by atoms with E-state index in [9.17, 15) is 14.7 Å². The van der Waals surface area contributed by atoms with Gasteiger partial charge in [0.15, 0.2) is 0 Å². The predicted octanol–water partition coefficient (Wildman–Crippen LogP) is 5.48. The lowest BCUT2D eigenvalue weighted by atomic mass is 9.85. The Hall–Kier alpha value is -3.87. The van der Waals surface area contributed by atoms with Crippen molar-refractivity contribution < 1.29 is 19.4 Å². The molecule has 1 fully saturated rings. The van der Waals surface area contributed by atoms with Gasteiger partial charge in [0.05, 0.1) is 24.5 Å². The second-order valence-corrected chi connectivity index (χ2v) is 10.4.